The molecule has 1 aromatic rings. The highest BCUT2D eigenvalue weighted by Gasteiger charge is 2.23. The molecular formula is C15H21N3O2. The minimum absolute atomic E-state index is 0.0278. The number of aryl methyl sites for hydroxylation is 1. The molecule has 108 valence electrons. The fourth-order valence-electron chi connectivity index (χ4n) is 2.01. The summed E-state index contributed by atoms with van der Waals surface area (Å²) >= 11 is 0. The Balaban J connectivity index is 1.86. The molecule has 0 spiro atoms. The second-order valence-corrected chi connectivity index (χ2v) is 5.18. The van der Waals surface area contributed by atoms with E-state index in [-0.39, 0.29) is 11.9 Å². The zero-order valence-electron chi connectivity index (χ0n) is 12.0. The van der Waals surface area contributed by atoms with Crippen molar-refractivity contribution in [1.82, 2.24) is 10.6 Å². The third-order valence-corrected chi connectivity index (χ3v) is 3.23. The quantitative estimate of drug-likeness (QED) is 0.861. The van der Waals surface area contributed by atoms with Crippen LogP contribution in [0.1, 0.15) is 25.3 Å². The normalized spacial score (nSPS) is 13.7. The van der Waals surface area contributed by atoms with E-state index in [9.17, 15) is 9.59 Å². The Labute approximate surface area is 119 Å². The van der Waals surface area contributed by atoms with Gasteiger partial charge in [0.25, 0.3) is 0 Å². The summed E-state index contributed by atoms with van der Waals surface area (Å²) in [6, 6.07) is 7.97. The van der Waals surface area contributed by atoms with Gasteiger partial charge in [-0.15, -0.1) is 0 Å². The Bertz CT molecular complexity index is 498. The summed E-state index contributed by atoms with van der Waals surface area (Å²) in [5, 5.41) is 5.63. The van der Waals surface area contributed by atoms with Gasteiger partial charge >= 0.3 is 6.03 Å². The van der Waals surface area contributed by atoms with Crippen molar-refractivity contribution in [3.8, 4) is 0 Å². The van der Waals surface area contributed by atoms with Crippen molar-refractivity contribution >= 4 is 17.6 Å². The number of hydrogen-bond donors (Lipinski definition) is 2. The standard InChI is InChI=1S/C15H21N3O2/c1-11-4-3-5-14(10-11)18(12(2)19)9-8-16-15(20)17-13-6-7-13/h3-5,10,13H,6-9H2,1-2H3,(H2,16,17,20). The average Bonchev–Trinajstić information content (AvgIpc) is 3.18. The number of urea groups is 1. The molecule has 1 aliphatic carbocycles. The molecule has 1 aromatic carbocycles. The van der Waals surface area contributed by atoms with Crippen LogP contribution in [-0.4, -0.2) is 31.1 Å². The van der Waals surface area contributed by atoms with E-state index in [0.29, 0.717) is 19.1 Å². The predicted molar refractivity (Wildman–Crippen MR) is 78.8 cm³/mol. The van der Waals surface area contributed by atoms with Crippen LogP contribution >= 0.6 is 0 Å². The molecule has 0 radical (unpaired) electrons. The molecule has 2 rings (SSSR count). The summed E-state index contributed by atoms with van der Waals surface area (Å²) in [5.41, 5.74) is 1.97. The van der Waals surface area contributed by atoms with Crippen molar-refractivity contribution in [1.29, 1.82) is 0 Å². The van der Waals surface area contributed by atoms with Gasteiger partial charge in [-0.05, 0) is 37.5 Å². The molecule has 0 aliphatic heterocycles. The Hall–Kier alpha value is -2.04. The number of benzene rings is 1. The molecule has 1 aliphatic rings. The van der Waals surface area contributed by atoms with E-state index in [1.54, 1.807) is 4.90 Å². The van der Waals surface area contributed by atoms with E-state index in [0.717, 1.165) is 24.1 Å². The average molecular weight is 275 g/mol. The summed E-state index contributed by atoms with van der Waals surface area (Å²) in [4.78, 5) is 24.9. The highest BCUT2D eigenvalue weighted by atomic mass is 16.2. The molecule has 2 N–H and O–H groups in total. The summed E-state index contributed by atoms with van der Waals surface area (Å²) in [7, 11) is 0. The number of anilines is 1. The number of carbonyl (C=O) groups excluding carboxylic acids is 2. The summed E-state index contributed by atoms with van der Waals surface area (Å²) in [5.74, 6) is -0.0278. The second kappa shape index (κ2) is 6.41. The number of amides is 3. The first kappa shape index (κ1) is 14.4. The molecule has 0 saturated heterocycles. The van der Waals surface area contributed by atoms with Crippen molar-refractivity contribution in [2.45, 2.75) is 32.7 Å². The van der Waals surface area contributed by atoms with Crippen molar-refractivity contribution in [2.75, 3.05) is 18.0 Å². The molecule has 5 heteroatoms. The monoisotopic (exact) mass is 275 g/mol. The molecule has 5 nitrogen and oxygen atoms in total. The van der Waals surface area contributed by atoms with Crippen molar-refractivity contribution in [3.05, 3.63) is 29.8 Å². The molecule has 20 heavy (non-hydrogen) atoms. The Morgan fingerprint density at radius 3 is 2.70 bits per heavy atom. The van der Waals surface area contributed by atoms with Gasteiger partial charge in [-0.3, -0.25) is 4.79 Å². The van der Waals surface area contributed by atoms with Gasteiger partial charge in [0.2, 0.25) is 5.91 Å². The molecule has 0 atom stereocenters. The Morgan fingerprint density at radius 1 is 1.35 bits per heavy atom. The number of rotatable bonds is 5. The molecule has 0 aromatic heterocycles. The van der Waals surface area contributed by atoms with E-state index in [1.807, 2.05) is 31.2 Å². The molecule has 0 bridgehead atoms. The SMILES string of the molecule is CC(=O)N(CCNC(=O)NC1CC1)c1cccc(C)c1. The lowest BCUT2D eigenvalue weighted by Crippen LogP contribution is -2.42. The van der Waals surface area contributed by atoms with Crippen LogP contribution in [0.25, 0.3) is 0 Å². The van der Waals surface area contributed by atoms with Crippen LogP contribution in [0.3, 0.4) is 0 Å². The minimum Gasteiger partial charge on any atom is -0.336 e. The van der Waals surface area contributed by atoms with Crippen LogP contribution in [0.5, 0.6) is 0 Å². The molecule has 1 saturated carbocycles. The van der Waals surface area contributed by atoms with Gasteiger partial charge in [0.15, 0.2) is 0 Å². The molecule has 3 amide bonds. The van der Waals surface area contributed by atoms with Crippen LogP contribution in [-0.2, 0) is 4.79 Å². The third kappa shape index (κ3) is 4.26. The summed E-state index contributed by atoms with van der Waals surface area (Å²) < 4.78 is 0. The van der Waals surface area contributed by atoms with Gasteiger partial charge in [0.05, 0.1) is 0 Å². The number of nitrogens with one attached hydrogen (secondary N) is 2. The van der Waals surface area contributed by atoms with E-state index in [1.165, 1.54) is 6.92 Å². The lowest BCUT2D eigenvalue weighted by Gasteiger charge is -2.21. The maximum Gasteiger partial charge on any atom is 0.315 e. The smallest absolute Gasteiger partial charge is 0.315 e. The van der Waals surface area contributed by atoms with Crippen molar-refractivity contribution < 1.29 is 9.59 Å². The highest BCUT2D eigenvalue weighted by Crippen LogP contribution is 2.18. The molecule has 0 heterocycles. The number of hydrogen-bond acceptors (Lipinski definition) is 2. The van der Waals surface area contributed by atoms with Gasteiger partial charge in [-0.25, -0.2) is 4.79 Å². The highest BCUT2D eigenvalue weighted by molar-refractivity contribution is 5.91. The summed E-state index contributed by atoms with van der Waals surface area (Å²) in [6.07, 6.45) is 2.13. The predicted octanol–water partition coefficient (Wildman–Crippen LogP) is 1.81. The van der Waals surface area contributed by atoms with Crippen LogP contribution in [0.4, 0.5) is 10.5 Å². The van der Waals surface area contributed by atoms with Gasteiger partial charge in [0, 0.05) is 31.7 Å². The number of carbonyl (C=O) groups is 2. The topological polar surface area (TPSA) is 61.4 Å². The van der Waals surface area contributed by atoms with E-state index in [4.69, 9.17) is 0 Å². The lowest BCUT2D eigenvalue weighted by molar-refractivity contribution is -0.116. The third-order valence-electron chi connectivity index (χ3n) is 3.23. The molecular weight excluding hydrogens is 254 g/mol. The van der Waals surface area contributed by atoms with Gasteiger partial charge in [0.1, 0.15) is 0 Å². The maximum absolute atomic E-state index is 11.7. The first-order chi connectivity index (χ1) is 9.56. The van der Waals surface area contributed by atoms with Gasteiger partial charge in [-0.1, -0.05) is 12.1 Å². The van der Waals surface area contributed by atoms with E-state index >= 15 is 0 Å². The zero-order valence-corrected chi connectivity index (χ0v) is 12.0. The fourth-order valence-corrected chi connectivity index (χ4v) is 2.01. The largest absolute Gasteiger partial charge is 0.336 e. The van der Waals surface area contributed by atoms with E-state index in [2.05, 4.69) is 10.6 Å². The van der Waals surface area contributed by atoms with Crippen molar-refractivity contribution in [3.63, 3.8) is 0 Å². The van der Waals surface area contributed by atoms with Gasteiger partial charge in [-0.2, -0.15) is 0 Å². The molecule has 1 fully saturated rings. The van der Waals surface area contributed by atoms with Crippen LogP contribution in [0, 0.1) is 6.92 Å². The van der Waals surface area contributed by atoms with Crippen LogP contribution < -0.4 is 15.5 Å². The van der Waals surface area contributed by atoms with Gasteiger partial charge < -0.3 is 15.5 Å². The fraction of sp³-hybridized carbons (Fsp3) is 0.467. The summed E-state index contributed by atoms with van der Waals surface area (Å²) in [6.45, 7) is 4.43. The minimum atomic E-state index is -0.153. The number of nitrogens with zero attached hydrogens (tertiary/aromatic N) is 1. The Morgan fingerprint density at radius 2 is 2.10 bits per heavy atom. The van der Waals surface area contributed by atoms with Crippen molar-refractivity contribution in [2.24, 2.45) is 0 Å². The van der Waals surface area contributed by atoms with Crippen LogP contribution in [0.2, 0.25) is 0 Å². The van der Waals surface area contributed by atoms with E-state index < -0.39 is 0 Å². The second-order valence-electron chi connectivity index (χ2n) is 5.18. The van der Waals surface area contributed by atoms with Crippen LogP contribution in [0.15, 0.2) is 24.3 Å². The Kier molecular flexibility index (Phi) is 4.61. The first-order valence-electron chi connectivity index (χ1n) is 6.95. The zero-order chi connectivity index (χ0) is 14.5. The lowest BCUT2D eigenvalue weighted by atomic mass is 10.2. The maximum atomic E-state index is 11.7. The molecule has 0 unspecified atom stereocenters. The first-order valence-corrected chi connectivity index (χ1v) is 6.95.